The molecule has 0 atom stereocenters. The Balaban J connectivity index is 1.49. The Morgan fingerprint density at radius 2 is 1.77 bits per heavy atom. The number of ether oxygens (including phenoxy) is 1. The lowest BCUT2D eigenvalue weighted by Crippen LogP contribution is -2.48. The van der Waals surface area contributed by atoms with E-state index in [-0.39, 0.29) is 16.6 Å². The van der Waals surface area contributed by atoms with Crippen molar-refractivity contribution in [1.29, 1.82) is 0 Å². The van der Waals surface area contributed by atoms with Crippen molar-refractivity contribution in [3.8, 4) is 17.0 Å². The van der Waals surface area contributed by atoms with Crippen LogP contribution in [0.5, 0.6) is 5.75 Å². The number of amides is 1. The Bertz CT molecular complexity index is 1190. The smallest absolute Gasteiger partial charge is 0.272 e. The fourth-order valence-electron chi connectivity index (χ4n) is 3.61. The number of sulfonamides is 1. The molecule has 0 bridgehead atoms. The first-order valence-electron chi connectivity index (χ1n) is 9.73. The summed E-state index contributed by atoms with van der Waals surface area (Å²) in [6.07, 6.45) is 0. The Kier molecular flexibility index (Phi) is 5.66. The molecule has 3 N–H and O–H groups in total. The summed E-state index contributed by atoms with van der Waals surface area (Å²) in [5.41, 5.74) is 2.44. The molecule has 0 saturated carbocycles. The van der Waals surface area contributed by atoms with Crippen LogP contribution in [-0.2, 0) is 10.0 Å². The third-order valence-electron chi connectivity index (χ3n) is 5.26. The van der Waals surface area contributed by atoms with Crippen molar-refractivity contribution in [1.82, 2.24) is 15.1 Å². The minimum atomic E-state index is -3.97. The molecule has 2 heterocycles. The number of hydrogen-bond donors (Lipinski definition) is 2. The van der Waals surface area contributed by atoms with Gasteiger partial charge in [0.1, 0.15) is 16.3 Å². The third kappa shape index (κ3) is 4.39. The van der Waals surface area contributed by atoms with E-state index in [0.29, 0.717) is 30.0 Å². The number of aromatic amines is 1. The van der Waals surface area contributed by atoms with Gasteiger partial charge >= 0.3 is 0 Å². The van der Waals surface area contributed by atoms with Crippen molar-refractivity contribution in [3.63, 3.8) is 0 Å². The molecule has 3 aromatic rings. The van der Waals surface area contributed by atoms with Gasteiger partial charge in [0, 0.05) is 37.4 Å². The van der Waals surface area contributed by atoms with Gasteiger partial charge in [0.25, 0.3) is 5.91 Å². The Morgan fingerprint density at radius 3 is 2.42 bits per heavy atom. The van der Waals surface area contributed by atoms with Gasteiger partial charge in [-0.3, -0.25) is 9.89 Å². The fourth-order valence-corrected chi connectivity index (χ4v) is 4.34. The predicted molar refractivity (Wildman–Crippen MR) is 117 cm³/mol. The summed E-state index contributed by atoms with van der Waals surface area (Å²) >= 11 is 0. The van der Waals surface area contributed by atoms with Crippen LogP contribution in [0.15, 0.2) is 59.5 Å². The molecule has 4 rings (SSSR count). The average molecular weight is 442 g/mol. The van der Waals surface area contributed by atoms with Gasteiger partial charge < -0.3 is 14.5 Å². The van der Waals surface area contributed by atoms with Crippen LogP contribution >= 0.6 is 0 Å². The van der Waals surface area contributed by atoms with Crippen molar-refractivity contribution in [2.24, 2.45) is 5.14 Å². The van der Waals surface area contributed by atoms with Gasteiger partial charge in [-0.15, -0.1) is 0 Å². The van der Waals surface area contributed by atoms with E-state index in [1.807, 2.05) is 18.2 Å². The van der Waals surface area contributed by atoms with Crippen molar-refractivity contribution in [2.75, 3.05) is 38.2 Å². The standard InChI is InChI=1S/C21H23N5O4S/c1-30-19-8-7-15(13-20(19)31(22,28)29)17-14-18(24-23-17)21(27)26-11-9-25(10-12-26)16-5-3-2-4-6-16/h2-8,13-14H,9-12H2,1H3,(H,23,24)(H2,22,28,29). The monoisotopic (exact) mass is 441 g/mol. The number of anilines is 1. The molecular weight excluding hydrogens is 418 g/mol. The molecule has 1 aliphatic rings. The number of rotatable bonds is 5. The van der Waals surface area contributed by atoms with Crippen LogP contribution in [0.3, 0.4) is 0 Å². The lowest BCUT2D eigenvalue weighted by Gasteiger charge is -2.35. The number of carbonyl (C=O) groups excluding carboxylic acids is 1. The molecule has 1 fully saturated rings. The van der Waals surface area contributed by atoms with Crippen LogP contribution in [0, 0.1) is 0 Å². The van der Waals surface area contributed by atoms with Crippen LogP contribution in [0.2, 0.25) is 0 Å². The highest BCUT2D eigenvalue weighted by molar-refractivity contribution is 7.89. The summed E-state index contributed by atoms with van der Waals surface area (Å²) in [6.45, 7) is 2.68. The van der Waals surface area contributed by atoms with E-state index in [2.05, 4.69) is 27.2 Å². The van der Waals surface area contributed by atoms with Gasteiger partial charge in [-0.05, 0) is 36.4 Å². The molecule has 1 aliphatic heterocycles. The number of nitrogens with two attached hydrogens (primary N) is 1. The molecule has 10 heteroatoms. The number of para-hydroxylation sites is 1. The second kappa shape index (κ2) is 8.40. The van der Waals surface area contributed by atoms with Gasteiger partial charge in [0.05, 0.1) is 12.8 Å². The van der Waals surface area contributed by atoms with Crippen molar-refractivity contribution in [2.45, 2.75) is 4.90 Å². The van der Waals surface area contributed by atoms with Crippen LogP contribution in [-0.4, -0.2) is 62.7 Å². The molecule has 162 valence electrons. The molecule has 0 unspecified atom stereocenters. The Hall–Kier alpha value is -3.37. The van der Waals surface area contributed by atoms with Crippen molar-refractivity contribution < 1.29 is 17.9 Å². The molecule has 1 amide bonds. The number of primary sulfonamides is 1. The fraction of sp³-hybridized carbons (Fsp3) is 0.238. The predicted octanol–water partition coefficient (Wildman–Crippen LogP) is 1.70. The van der Waals surface area contributed by atoms with Gasteiger partial charge in [0.2, 0.25) is 10.0 Å². The first-order chi connectivity index (χ1) is 14.9. The molecule has 0 spiro atoms. The molecule has 9 nitrogen and oxygen atoms in total. The topological polar surface area (TPSA) is 122 Å². The molecular formula is C21H23N5O4S. The lowest BCUT2D eigenvalue weighted by atomic mass is 10.1. The summed E-state index contributed by atoms with van der Waals surface area (Å²) in [4.78, 5) is 16.8. The SMILES string of the molecule is COc1ccc(-c2cc(C(=O)N3CCN(c4ccccc4)CC3)[nH]n2)cc1S(N)(=O)=O. The third-order valence-corrected chi connectivity index (χ3v) is 6.19. The highest BCUT2D eigenvalue weighted by Crippen LogP contribution is 2.29. The highest BCUT2D eigenvalue weighted by atomic mass is 32.2. The normalized spacial score (nSPS) is 14.5. The minimum absolute atomic E-state index is 0.139. The molecule has 1 saturated heterocycles. The number of methoxy groups -OCH3 is 1. The van der Waals surface area contributed by atoms with Crippen LogP contribution in [0.1, 0.15) is 10.5 Å². The van der Waals surface area contributed by atoms with Crippen molar-refractivity contribution in [3.05, 3.63) is 60.3 Å². The zero-order valence-corrected chi connectivity index (χ0v) is 17.8. The van der Waals surface area contributed by atoms with Crippen LogP contribution in [0.4, 0.5) is 5.69 Å². The molecule has 1 aromatic heterocycles. The second-order valence-electron chi connectivity index (χ2n) is 7.19. The van der Waals surface area contributed by atoms with E-state index >= 15 is 0 Å². The van der Waals surface area contributed by atoms with Crippen LogP contribution < -0.4 is 14.8 Å². The van der Waals surface area contributed by atoms with Gasteiger partial charge in [-0.25, -0.2) is 13.6 Å². The number of nitrogens with one attached hydrogen (secondary N) is 1. The van der Waals surface area contributed by atoms with Gasteiger partial charge in [-0.1, -0.05) is 18.2 Å². The summed E-state index contributed by atoms with van der Waals surface area (Å²) in [5, 5.41) is 12.2. The zero-order chi connectivity index (χ0) is 22.0. The summed E-state index contributed by atoms with van der Waals surface area (Å²) < 4.78 is 28.8. The Morgan fingerprint density at radius 1 is 1.06 bits per heavy atom. The Labute approximate surface area is 180 Å². The maximum absolute atomic E-state index is 12.9. The highest BCUT2D eigenvalue weighted by Gasteiger charge is 2.24. The first-order valence-corrected chi connectivity index (χ1v) is 11.3. The minimum Gasteiger partial charge on any atom is -0.495 e. The van der Waals surface area contributed by atoms with E-state index < -0.39 is 10.0 Å². The number of H-pyrrole nitrogens is 1. The van der Waals surface area contributed by atoms with E-state index in [1.54, 1.807) is 17.0 Å². The van der Waals surface area contributed by atoms with Crippen molar-refractivity contribution >= 4 is 21.6 Å². The van der Waals surface area contributed by atoms with Gasteiger partial charge in [0.15, 0.2) is 0 Å². The number of nitrogens with zero attached hydrogens (tertiary/aromatic N) is 3. The zero-order valence-electron chi connectivity index (χ0n) is 17.0. The summed E-state index contributed by atoms with van der Waals surface area (Å²) in [7, 11) is -2.61. The second-order valence-corrected chi connectivity index (χ2v) is 8.72. The van der Waals surface area contributed by atoms with E-state index in [0.717, 1.165) is 18.8 Å². The number of piperazine rings is 1. The maximum Gasteiger partial charge on any atom is 0.272 e. The molecule has 2 aromatic carbocycles. The first kappa shape index (κ1) is 20.9. The summed E-state index contributed by atoms with van der Waals surface area (Å²) in [5.74, 6) is 0.000941. The quantitative estimate of drug-likeness (QED) is 0.621. The van der Waals surface area contributed by atoms with E-state index in [9.17, 15) is 13.2 Å². The van der Waals surface area contributed by atoms with E-state index in [4.69, 9.17) is 9.88 Å². The lowest BCUT2D eigenvalue weighted by molar-refractivity contribution is 0.0741. The number of aromatic nitrogens is 2. The molecule has 0 aliphatic carbocycles. The number of benzene rings is 2. The maximum atomic E-state index is 12.9. The van der Waals surface area contributed by atoms with E-state index in [1.165, 1.54) is 19.2 Å². The molecule has 31 heavy (non-hydrogen) atoms. The summed E-state index contributed by atoms with van der Waals surface area (Å²) in [6, 6.07) is 16.3. The molecule has 0 radical (unpaired) electrons. The number of hydrogen-bond acceptors (Lipinski definition) is 6. The largest absolute Gasteiger partial charge is 0.495 e. The average Bonchev–Trinajstić information content (AvgIpc) is 3.28. The van der Waals surface area contributed by atoms with Crippen LogP contribution in [0.25, 0.3) is 11.3 Å². The number of carbonyl (C=O) groups is 1. The van der Waals surface area contributed by atoms with Gasteiger partial charge in [-0.2, -0.15) is 5.10 Å².